The van der Waals surface area contributed by atoms with Gasteiger partial charge in [0, 0.05) is 6.07 Å². The lowest BCUT2D eigenvalue weighted by Crippen LogP contribution is -2.36. The Balaban J connectivity index is 1.65. The Morgan fingerprint density at radius 1 is 1.19 bits per heavy atom. The van der Waals surface area contributed by atoms with Gasteiger partial charge in [0.15, 0.2) is 0 Å². The zero-order valence-electron chi connectivity index (χ0n) is 16.9. The van der Waals surface area contributed by atoms with E-state index >= 15 is 0 Å². The Morgan fingerprint density at radius 3 is 2.55 bits per heavy atom. The summed E-state index contributed by atoms with van der Waals surface area (Å²) in [7, 11) is 0. The molecule has 0 bridgehead atoms. The summed E-state index contributed by atoms with van der Waals surface area (Å²) >= 11 is 0.712. The summed E-state index contributed by atoms with van der Waals surface area (Å²) in [5, 5.41) is 1.62. The number of anilines is 1. The summed E-state index contributed by atoms with van der Waals surface area (Å²) in [5.74, 6) is -2.44. The highest BCUT2D eigenvalue weighted by molar-refractivity contribution is 8.18. The molecule has 6 nitrogen and oxygen atoms in total. The van der Waals surface area contributed by atoms with Crippen LogP contribution in [0.2, 0.25) is 0 Å². The van der Waals surface area contributed by atoms with Crippen molar-refractivity contribution in [2.24, 2.45) is 0 Å². The quantitative estimate of drug-likeness (QED) is 0.618. The molecule has 3 amide bonds. The van der Waals surface area contributed by atoms with E-state index in [9.17, 15) is 23.2 Å². The Hall–Kier alpha value is -3.20. The summed E-state index contributed by atoms with van der Waals surface area (Å²) in [5.41, 5.74) is 0.452. The van der Waals surface area contributed by atoms with Crippen molar-refractivity contribution in [1.29, 1.82) is 0 Å². The summed E-state index contributed by atoms with van der Waals surface area (Å²) in [6.45, 7) is 3.40. The van der Waals surface area contributed by atoms with E-state index in [1.165, 1.54) is 0 Å². The first-order chi connectivity index (χ1) is 14.8. The molecule has 31 heavy (non-hydrogen) atoms. The highest BCUT2D eigenvalue weighted by atomic mass is 32.2. The van der Waals surface area contributed by atoms with Gasteiger partial charge in [-0.05, 0) is 61.0 Å². The first-order valence-electron chi connectivity index (χ1n) is 9.53. The number of nitrogens with one attached hydrogen (secondary N) is 1. The van der Waals surface area contributed by atoms with Gasteiger partial charge in [0.1, 0.15) is 23.9 Å². The van der Waals surface area contributed by atoms with E-state index in [-0.39, 0.29) is 16.7 Å². The van der Waals surface area contributed by atoms with Crippen LogP contribution in [0.1, 0.15) is 25.8 Å². The fourth-order valence-corrected chi connectivity index (χ4v) is 3.51. The Morgan fingerprint density at radius 2 is 1.90 bits per heavy atom. The van der Waals surface area contributed by atoms with Crippen LogP contribution in [0.15, 0.2) is 47.4 Å². The fourth-order valence-electron chi connectivity index (χ4n) is 2.67. The molecule has 1 aliphatic rings. The van der Waals surface area contributed by atoms with Crippen molar-refractivity contribution >= 4 is 40.6 Å². The zero-order valence-corrected chi connectivity index (χ0v) is 17.7. The molecule has 0 radical (unpaired) electrons. The van der Waals surface area contributed by atoms with Crippen LogP contribution in [0.3, 0.4) is 0 Å². The van der Waals surface area contributed by atoms with Crippen molar-refractivity contribution in [1.82, 2.24) is 4.90 Å². The van der Waals surface area contributed by atoms with Gasteiger partial charge in [0.05, 0.1) is 16.7 Å². The van der Waals surface area contributed by atoms with Crippen molar-refractivity contribution in [3.8, 4) is 5.75 Å². The van der Waals surface area contributed by atoms with Gasteiger partial charge < -0.3 is 10.1 Å². The Kier molecular flexibility index (Phi) is 7.06. The molecule has 2 aromatic carbocycles. The van der Waals surface area contributed by atoms with Crippen LogP contribution < -0.4 is 10.1 Å². The maximum atomic E-state index is 13.7. The van der Waals surface area contributed by atoms with Crippen LogP contribution in [0, 0.1) is 11.6 Å². The van der Waals surface area contributed by atoms with Crippen LogP contribution >= 0.6 is 11.8 Å². The van der Waals surface area contributed by atoms with Gasteiger partial charge in [-0.3, -0.25) is 19.3 Å². The van der Waals surface area contributed by atoms with E-state index < -0.39 is 35.2 Å². The molecule has 1 saturated heterocycles. The van der Waals surface area contributed by atoms with E-state index in [1.54, 1.807) is 30.3 Å². The predicted octanol–water partition coefficient (Wildman–Crippen LogP) is 4.82. The lowest BCUT2D eigenvalue weighted by atomic mass is 10.2. The molecule has 1 fully saturated rings. The van der Waals surface area contributed by atoms with Crippen LogP contribution in [-0.4, -0.2) is 34.6 Å². The predicted molar refractivity (Wildman–Crippen MR) is 114 cm³/mol. The highest BCUT2D eigenvalue weighted by Gasteiger charge is 2.36. The molecule has 0 unspecified atom stereocenters. The van der Waals surface area contributed by atoms with Crippen molar-refractivity contribution in [2.45, 2.75) is 26.4 Å². The van der Waals surface area contributed by atoms with Gasteiger partial charge in [-0.15, -0.1) is 0 Å². The topological polar surface area (TPSA) is 75.7 Å². The van der Waals surface area contributed by atoms with Crippen LogP contribution in [0.25, 0.3) is 6.08 Å². The van der Waals surface area contributed by atoms with Gasteiger partial charge in [0.2, 0.25) is 5.91 Å². The monoisotopic (exact) mass is 446 g/mol. The number of hydrogen-bond donors (Lipinski definition) is 1. The molecule has 0 aliphatic carbocycles. The van der Waals surface area contributed by atoms with Gasteiger partial charge >= 0.3 is 0 Å². The third-order valence-corrected chi connectivity index (χ3v) is 5.38. The fraction of sp³-hybridized carbons (Fsp3) is 0.227. The largest absolute Gasteiger partial charge is 0.491 e. The first kappa shape index (κ1) is 22.5. The molecule has 2 aromatic rings. The van der Waals surface area contributed by atoms with Crippen molar-refractivity contribution in [3.63, 3.8) is 0 Å². The van der Waals surface area contributed by atoms with E-state index in [2.05, 4.69) is 5.32 Å². The number of rotatable bonds is 7. The second-order valence-corrected chi connectivity index (χ2v) is 7.84. The standard InChI is InChI=1S/C22H20F2N2O4S/c1-3-13(2)30-16-7-4-14(5-8-16)10-19-21(28)26(22(29)31-19)12-20(27)25-18-9-6-15(23)11-17(18)24/h4-11,13H,3,12H2,1-2H3,(H,25,27)/b19-10-/t13-/m0/s1. The summed E-state index contributed by atoms with van der Waals surface area (Å²) in [6.07, 6.45) is 2.50. The molecule has 3 rings (SSSR count). The van der Waals surface area contributed by atoms with E-state index in [0.717, 1.165) is 23.5 Å². The number of carbonyl (C=O) groups excluding carboxylic acids is 3. The normalized spacial score (nSPS) is 16.0. The number of hydrogen-bond acceptors (Lipinski definition) is 5. The molecule has 0 aromatic heterocycles. The van der Waals surface area contributed by atoms with Gasteiger partial charge in [-0.2, -0.15) is 0 Å². The number of benzene rings is 2. The molecule has 1 atom stereocenters. The SMILES string of the molecule is CC[C@H](C)Oc1ccc(/C=C2\SC(=O)N(CC(=O)Nc3ccc(F)cc3F)C2=O)cc1. The van der Waals surface area contributed by atoms with E-state index in [0.29, 0.717) is 29.1 Å². The van der Waals surface area contributed by atoms with Crippen molar-refractivity contribution < 1.29 is 27.9 Å². The molecule has 1 N–H and O–H groups in total. The number of carbonyl (C=O) groups is 3. The number of halogens is 2. The lowest BCUT2D eigenvalue weighted by Gasteiger charge is -2.13. The average molecular weight is 446 g/mol. The number of nitrogens with zero attached hydrogens (tertiary/aromatic N) is 1. The maximum Gasteiger partial charge on any atom is 0.294 e. The number of imide groups is 1. The zero-order chi connectivity index (χ0) is 22.5. The van der Waals surface area contributed by atoms with E-state index in [1.807, 2.05) is 13.8 Å². The number of thioether (sulfide) groups is 1. The van der Waals surface area contributed by atoms with Crippen molar-refractivity contribution in [2.75, 3.05) is 11.9 Å². The van der Waals surface area contributed by atoms with Crippen LogP contribution in [0.4, 0.5) is 19.3 Å². The van der Waals surface area contributed by atoms with Gasteiger partial charge in [0.25, 0.3) is 11.1 Å². The summed E-state index contributed by atoms with van der Waals surface area (Å²) in [6, 6.07) is 9.73. The second-order valence-electron chi connectivity index (χ2n) is 6.85. The number of ether oxygens (including phenoxy) is 1. The van der Waals surface area contributed by atoms with Crippen molar-refractivity contribution in [3.05, 3.63) is 64.6 Å². The van der Waals surface area contributed by atoms with Gasteiger partial charge in [-0.1, -0.05) is 19.1 Å². The molecule has 0 spiro atoms. The molecule has 9 heteroatoms. The first-order valence-corrected chi connectivity index (χ1v) is 10.4. The smallest absolute Gasteiger partial charge is 0.294 e. The molecular formula is C22H20F2N2O4S. The summed E-state index contributed by atoms with van der Waals surface area (Å²) < 4.78 is 32.3. The molecule has 1 heterocycles. The Bertz CT molecular complexity index is 1040. The molecule has 162 valence electrons. The lowest BCUT2D eigenvalue weighted by molar-refractivity contribution is -0.127. The molecule has 1 aliphatic heterocycles. The minimum absolute atomic E-state index is 0.0804. The summed E-state index contributed by atoms with van der Waals surface area (Å²) in [4.78, 5) is 37.8. The second kappa shape index (κ2) is 9.74. The maximum absolute atomic E-state index is 13.7. The Labute approximate surface area is 182 Å². The minimum Gasteiger partial charge on any atom is -0.491 e. The van der Waals surface area contributed by atoms with Crippen LogP contribution in [-0.2, 0) is 9.59 Å². The van der Waals surface area contributed by atoms with E-state index in [4.69, 9.17) is 4.74 Å². The molecular weight excluding hydrogens is 426 g/mol. The molecule has 0 saturated carbocycles. The highest BCUT2D eigenvalue weighted by Crippen LogP contribution is 2.32. The third kappa shape index (κ3) is 5.69. The van der Waals surface area contributed by atoms with Crippen LogP contribution in [0.5, 0.6) is 5.75 Å². The average Bonchev–Trinajstić information content (AvgIpc) is 2.98. The van der Waals surface area contributed by atoms with Gasteiger partial charge in [-0.25, -0.2) is 8.78 Å². The third-order valence-electron chi connectivity index (χ3n) is 4.47. The number of amides is 3. The minimum atomic E-state index is -0.955.